The first kappa shape index (κ1) is 17.9. The van der Waals surface area contributed by atoms with Gasteiger partial charge >= 0.3 is 0 Å². The van der Waals surface area contributed by atoms with E-state index in [4.69, 9.17) is 0 Å². The predicted molar refractivity (Wildman–Crippen MR) is 104 cm³/mol. The molecule has 0 fully saturated rings. The van der Waals surface area contributed by atoms with Gasteiger partial charge in [0.1, 0.15) is 16.5 Å². The van der Waals surface area contributed by atoms with E-state index < -0.39 is 0 Å². The molecule has 7 heteroatoms. The van der Waals surface area contributed by atoms with E-state index in [0.29, 0.717) is 12.2 Å². The number of hydrogen-bond donors (Lipinski definition) is 2. The van der Waals surface area contributed by atoms with Gasteiger partial charge < -0.3 is 10.3 Å². The van der Waals surface area contributed by atoms with Crippen LogP contribution in [-0.2, 0) is 24.1 Å². The van der Waals surface area contributed by atoms with Gasteiger partial charge in [0, 0.05) is 17.7 Å². The average Bonchev–Trinajstić information content (AvgIpc) is 3.21. The minimum absolute atomic E-state index is 0.102. The number of aryl methyl sites for hydroxylation is 3. The Morgan fingerprint density at radius 1 is 1.33 bits per heavy atom. The lowest BCUT2D eigenvalue weighted by molar-refractivity contribution is -0.121. The van der Waals surface area contributed by atoms with Crippen molar-refractivity contribution < 1.29 is 9.18 Å². The van der Waals surface area contributed by atoms with Gasteiger partial charge in [0.25, 0.3) is 5.56 Å². The highest BCUT2D eigenvalue weighted by atomic mass is 32.1. The molecule has 1 amide bonds. The van der Waals surface area contributed by atoms with Crippen molar-refractivity contribution in [2.24, 2.45) is 0 Å². The Labute approximate surface area is 159 Å². The van der Waals surface area contributed by atoms with Crippen LogP contribution in [0.2, 0.25) is 0 Å². The van der Waals surface area contributed by atoms with Crippen LogP contribution in [-0.4, -0.2) is 15.9 Å². The second-order valence-electron chi connectivity index (χ2n) is 6.89. The number of nitrogens with one attached hydrogen (secondary N) is 2. The number of halogens is 1. The molecule has 0 aliphatic heterocycles. The quantitative estimate of drug-likeness (QED) is 0.707. The van der Waals surface area contributed by atoms with Crippen LogP contribution >= 0.6 is 11.3 Å². The molecule has 27 heavy (non-hydrogen) atoms. The molecular formula is C20H20FN3O2S. The molecule has 1 aromatic carbocycles. The van der Waals surface area contributed by atoms with Gasteiger partial charge in [0.05, 0.1) is 11.4 Å². The Kier molecular flexibility index (Phi) is 4.78. The van der Waals surface area contributed by atoms with Crippen molar-refractivity contribution in [3.63, 3.8) is 0 Å². The van der Waals surface area contributed by atoms with Crippen molar-refractivity contribution >= 4 is 27.5 Å². The minimum atomic E-state index is -0.303. The number of fused-ring (bicyclic) bond motifs is 3. The van der Waals surface area contributed by atoms with Crippen molar-refractivity contribution in [1.82, 2.24) is 15.3 Å². The van der Waals surface area contributed by atoms with E-state index in [1.165, 1.54) is 17.0 Å². The van der Waals surface area contributed by atoms with Crippen LogP contribution in [0.15, 0.2) is 29.1 Å². The maximum atomic E-state index is 13.0. The fourth-order valence-corrected chi connectivity index (χ4v) is 4.83. The summed E-state index contributed by atoms with van der Waals surface area (Å²) in [6.07, 6.45) is 3.67. The number of aromatic amines is 1. The van der Waals surface area contributed by atoms with Crippen LogP contribution in [0.4, 0.5) is 4.39 Å². The van der Waals surface area contributed by atoms with Crippen molar-refractivity contribution in [2.45, 2.75) is 45.1 Å². The number of aromatic nitrogens is 2. The highest BCUT2D eigenvalue weighted by Gasteiger charge is 2.21. The van der Waals surface area contributed by atoms with Crippen molar-refractivity contribution in [2.75, 3.05) is 0 Å². The van der Waals surface area contributed by atoms with Gasteiger partial charge in [-0.05, 0) is 49.4 Å². The zero-order valence-electron chi connectivity index (χ0n) is 15.0. The topological polar surface area (TPSA) is 74.8 Å². The smallest absolute Gasteiger partial charge is 0.259 e. The molecule has 2 heterocycles. The molecule has 140 valence electrons. The fourth-order valence-electron chi connectivity index (χ4n) is 3.55. The van der Waals surface area contributed by atoms with Gasteiger partial charge in [-0.2, -0.15) is 0 Å². The molecule has 1 aliphatic rings. The van der Waals surface area contributed by atoms with E-state index >= 15 is 0 Å². The third kappa shape index (κ3) is 3.64. The van der Waals surface area contributed by atoms with Crippen LogP contribution in [0.25, 0.3) is 10.2 Å². The molecule has 0 saturated carbocycles. The molecule has 2 aromatic heterocycles. The maximum absolute atomic E-state index is 13.0. The molecule has 0 bridgehead atoms. The second kappa shape index (κ2) is 7.23. The summed E-state index contributed by atoms with van der Waals surface area (Å²) >= 11 is 1.60. The molecular weight excluding hydrogens is 365 g/mol. The van der Waals surface area contributed by atoms with Crippen LogP contribution in [0, 0.1) is 5.82 Å². The van der Waals surface area contributed by atoms with E-state index in [0.717, 1.165) is 40.6 Å². The fraction of sp³-hybridized carbons (Fsp3) is 0.350. The lowest BCUT2D eigenvalue weighted by Gasteiger charge is -2.14. The van der Waals surface area contributed by atoms with E-state index in [1.807, 2.05) is 6.92 Å². The van der Waals surface area contributed by atoms with Gasteiger partial charge in [-0.3, -0.25) is 9.59 Å². The normalized spacial score (nSPS) is 14.3. The zero-order chi connectivity index (χ0) is 19.0. The number of nitrogens with zero attached hydrogens (tertiary/aromatic N) is 1. The summed E-state index contributed by atoms with van der Waals surface area (Å²) in [5.74, 6) is 0.0995. The maximum Gasteiger partial charge on any atom is 0.259 e. The van der Waals surface area contributed by atoms with E-state index in [9.17, 15) is 14.0 Å². The Balaban J connectivity index is 1.41. The molecule has 2 N–H and O–H groups in total. The monoisotopic (exact) mass is 385 g/mol. The number of H-pyrrole nitrogens is 1. The molecule has 1 atom stereocenters. The van der Waals surface area contributed by atoms with Gasteiger partial charge in [-0.25, -0.2) is 9.37 Å². The molecule has 3 aromatic rings. The first-order valence-electron chi connectivity index (χ1n) is 9.09. The highest BCUT2D eigenvalue weighted by Crippen LogP contribution is 2.34. The standard InChI is InChI=1S/C20H20FN3O2S/c1-11(12-5-7-13(21)8-6-12)22-17(25)10-9-16-23-19(26)18-14-3-2-4-15(14)27-20(18)24-16/h5-8,11H,2-4,9-10H2,1H3,(H,22,25)(H,23,24,26). The minimum Gasteiger partial charge on any atom is -0.350 e. The summed E-state index contributed by atoms with van der Waals surface area (Å²) in [6.45, 7) is 1.85. The van der Waals surface area contributed by atoms with Crippen LogP contribution in [0.5, 0.6) is 0 Å². The molecule has 0 spiro atoms. The van der Waals surface area contributed by atoms with Gasteiger partial charge in [0.2, 0.25) is 5.91 Å². The van der Waals surface area contributed by atoms with Crippen molar-refractivity contribution in [1.29, 1.82) is 0 Å². The van der Waals surface area contributed by atoms with Crippen LogP contribution < -0.4 is 10.9 Å². The average molecular weight is 385 g/mol. The van der Waals surface area contributed by atoms with Crippen LogP contribution in [0.1, 0.15) is 47.6 Å². The lowest BCUT2D eigenvalue weighted by Crippen LogP contribution is -2.27. The second-order valence-corrected chi connectivity index (χ2v) is 7.97. The number of rotatable bonds is 5. The molecule has 5 nitrogen and oxygen atoms in total. The number of amides is 1. The predicted octanol–water partition coefficient (Wildman–Crippen LogP) is 3.42. The van der Waals surface area contributed by atoms with Crippen LogP contribution in [0.3, 0.4) is 0 Å². The van der Waals surface area contributed by atoms with Gasteiger partial charge in [-0.1, -0.05) is 12.1 Å². The summed E-state index contributed by atoms with van der Waals surface area (Å²) in [5, 5.41) is 3.62. The molecule has 1 aliphatic carbocycles. The summed E-state index contributed by atoms with van der Waals surface area (Å²) in [7, 11) is 0. The largest absolute Gasteiger partial charge is 0.350 e. The summed E-state index contributed by atoms with van der Waals surface area (Å²) < 4.78 is 13.0. The Morgan fingerprint density at radius 3 is 2.89 bits per heavy atom. The molecule has 0 saturated heterocycles. The zero-order valence-corrected chi connectivity index (χ0v) is 15.8. The summed E-state index contributed by atoms with van der Waals surface area (Å²) in [6, 6.07) is 5.85. The summed E-state index contributed by atoms with van der Waals surface area (Å²) in [5.41, 5.74) is 1.89. The number of carbonyl (C=O) groups is 1. The Bertz CT molecular complexity index is 1060. The Morgan fingerprint density at radius 2 is 2.11 bits per heavy atom. The third-order valence-corrected chi connectivity index (χ3v) is 6.15. The van der Waals surface area contributed by atoms with Crippen molar-refractivity contribution in [3.05, 3.63) is 62.3 Å². The highest BCUT2D eigenvalue weighted by molar-refractivity contribution is 7.18. The van der Waals surface area contributed by atoms with Crippen molar-refractivity contribution in [3.8, 4) is 0 Å². The number of benzene rings is 1. The number of thiophene rings is 1. The lowest BCUT2D eigenvalue weighted by atomic mass is 10.1. The SMILES string of the molecule is CC(NC(=O)CCc1nc2sc3c(c2c(=O)[nH]1)CCC3)c1ccc(F)cc1. The number of carbonyl (C=O) groups excluding carboxylic acids is 1. The molecule has 1 unspecified atom stereocenters. The third-order valence-electron chi connectivity index (χ3n) is 4.96. The molecule has 0 radical (unpaired) electrons. The van der Waals surface area contributed by atoms with Gasteiger partial charge in [-0.15, -0.1) is 11.3 Å². The first-order valence-corrected chi connectivity index (χ1v) is 9.91. The van der Waals surface area contributed by atoms with E-state index in [2.05, 4.69) is 15.3 Å². The first-order chi connectivity index (χ1) is 13.0. The van der Waals surface area contributed by atoms with E-state index in [-0.39, 0.29) is 29.7 Å². The Hall–Kier alpha value is -2.54. The number of hydrogen-bond acceptors (Lipinski definition) is 4. The van der Waals surface area contributed by atoms with Gasteiger partial charge in [0.15, 0.2) is 0 Å². The summed E-state index contributed by atoms with van der Waals surface area (Å²) in [4.78, 5) is 34.1. The van der Waals surface area contributed by atoms with E-state index in [1.54, 1.807) is 23.5 Å². The molecule has 4 rings (SSSR count).